The Hall–Kier alpha value is -1.24. The van der Waals surface area contributed by atoms with E-state index in [0.717, 1.165) is 10.0 Å². The van der Waals surface area contributed by atoms with E-state index in [2.05, 4.69) is 27.8 Å². The third kappa shape index (κ3) is 5.96. The van der Waals surface area contributed by atoms with Crippen LogP contribution in [0.1, 0.15) is 12.5 Å². The molecule has 1 rings (SSSR count). The number of hydrogen-bond donors (Lipinski definition) is 1. The van der Waals surface area contributed by atoms with Crippen molar-refractivity contribution in [3.05, 3.63) is 50.5 Å². The van der Waals surface area contributed by atoms with Crippen molar-refractivity contribution in [2.75, 3.05) is 19.8 Å². The molecule has 0 saturated heterocycles. The molecule has 0 atom stereocenters. The van der Waals surface area contributed by atoms with Crippen LogP contribution < -0.4 is 5.32 Å². The molecule has 0 bridgehead atoms. The highest BCUT2D eigenvalue weighted by atomic mass is 79.9. The van der Waals surface area contributed by atoms with Crippen molar-refractivity contribution in [1.82, 2.24) is 5.32 Å². The van der Waals surface area contributed by atoms with Crippen LogP contribution in [0.5, 0.6) is 0 Å². The van der Waals surface area contributed by atoms with Crippen LogP contribution >= 0.6 is 15.9 Å². The number of benzene rings is 1. The minimum atomic E-state index is -0.374. The summed E-state index contributed by atoms with van der Waals surface area (Å²) in [5.74, 6) is 0. The van der Waals surface area contributed by atoms with E-state index in [9.17, 15) is 10.1 Å². The molecule has 6 heteroatoms. The molecule has 5 nitrogen and oxygen atoms in total. The quantitative estimate of drug-likeness (QED) is 0.345. The Morgan fingerprint density at radius 3 is 2.95 bits per heavy atom. The molecule has 0 aliphatic heterocycles. The van der Waals surface area contributed by atoms with Gasteiger partial charge < -0.3 is 10.1 Å². The van der Waals surface area contributed by atoms with Crippen LogP contribution in [-0.2, 0) is 11.3 Å². The molecule has 0 aliphatic rings. The Balaban J connectivity index is 2.42. The van der Waals surface area contributed by atoms with E-state index in [4.69, 9.17) is 4.74 Å². The van der Waals surface area contributed by atoms with Gasteiger partial charge in [0.1, 0.15) is 0 Å². The molecule has 0 radical (unpaired) electrons. The number of ether oxygens (including phenoxy) is 1. The highest BCUT2D eigenvalue weighted by Gasteiger charge is 2.12. The van der Waals surface area contributed by atoms with Gasteiger partial charge in [-0.05, 0) is 19.1 Å². The van der Waals surface area contributed by atoms with Gasteiger partial charge in [-0.15, -0.1) is 0 Å². The first-order chi connectivity index (χ1) is 9.00. The molecule has 1 aromatic rings. The summed E-state index contributed by atoms with van der Waals surface area (Å²) >= 11 is 3.31. The Morgan fingerprint density at radius 1 is 1.58 bits per heavy atom. The summed E-state index contributed by atoms with van der Waals surface area (Å²) in [6, 6.07) is 4.91. The monoisotopic (exact) mass is 328 g/mol. The van der Waals surface area contributed by atoms with Crippen LogP contribution in [0, 0.1) is 10.1 Å². The number of nitrogens with zero attached hydrogens (tertiary/aromatic N) is 1. The Bertz CT molecular complexity index is 463. The Labute approximate surface area is 120 Å². The number of nitrogens with one attached hydrogen (secondary N) is 1. The van der Waals surface area contributed by atoms with E-state index in [1.54, 1.807) is 12.1 Å². The normalized spacial score (nSPS) is 10.4. The number of hydrogen-bond acceptors (Lipinski definition) is 4. The van der Waals surface area contributed by atoms with E-state index in [1.807, 2.05) is 6.92 Å². The second kappa shape index (κ2) is 8.04. The molecule has 1 aromatic carbocycles. The number of nitro benzene ring substituents is 1. The van der Waals surface area contributed by atoms with E-state index < -0.39 is 0 Å². The smallest absolute Gasteiger partial charge is 0.273 e. The van der Waals surface area contributed by atoms with Crippen molar-refractivity contribution in [3.63, 3.8) is 0 Å². The minimum Gasteiger partial charge on any atom is -0.376 e. The molecule has 0 fully saturated rings. The molecule has 19 heavy (non-hydrogen) atoms. The number of halogens is 1. The first kappa shape index (κ1) is 15.8. The van der Waals surface area contributed by atoms with Crippen molar-refractivity contribution in [3.8, 4) is 0 Å². The van der Waals surface area contributed by atoms with Crippen LogP contribution in [0.25, 0.3) is 0 Å². The van der Waals surface area contributed by atoms with Gasteiger partial charge in [0.2, 0.25) is 0 Å². The summed E-state index contributed by atoms with van der Waals surface area (Å²) in [5.41, 5.74) is 1.75. The minimum absolute atomic E-state index is 0.124. The van der Waals surface area contributed by atoms with Gasteiger partial charge in [-0.3, -0.25) is 10.1 Å². The van der Waals surface area contributed by atoms with Crippen molar-refractivity contribution < 1.29 is 9.66 Å². The van der Waals surface area contributed by atoms with Gasteiger partial charge in [0.25, 0.3) is 5.69 Å². The predicted molar refractivity (Wildman–Crippen MR) is 78.1 cm³/mol. The van der Waals surface area contributed by atoms with E-state index in [1.165, 1.54) is 6.07 Å². The lowest BCUT2D eigenvalue weighted by atomic mass is 10.2. The SMILES string of the molecule is C=C(C)COCCNCc1cc(Br)ccc1[N+](=O)[O-]. The summed E-state index contributed by atoms with van der Waals surface area (Å²) in [7, 11) is 0. The summed E-state index contributed by atoms with van der Waals surface area (Å²) in [6.07, 6.45) is 0. The van der Waals surface area contributed by atoms with Crippen LogP contribution in [0.2, 0.25) is 0 Å². The predicted octanol–water partition coefficient (Wildman–Crippen LogP) is 3.04. The van der Waals surface area contributed by atoms with Gasteiger partial charge in [-0.1, -0.05) is 28.1 Å². The first-order valence-electron chi connectivity index (χ1n) is 5.86. The average molecular weight is 329 g/mol. The summed E-state index contributed by atoms with van der Waals surface area (Å²) in [4.78, 5) is 10.5. The third-order valence-corrected chi connectivity index (χ3v) is 2.82. The topological polar surface area (TPSA) is 64.4 Å². The maximum absolute atomic E-state index is 10.9. The Morgan fingerprint density at radius 2 is 2.32 bits per heavy atom. The van der Waals surface area contributed by atoms with Crippen molar-refractivity contribution >= 4 is 21.6 Å². The maximum atomic E-state index is 10.9. The van der Waals surface area contributed by atoms with Crippen LogP contribution in [-0.4, -0.2) is 24.7 Å². The highest BCUT2D eigenvalue weighted by molar-refractivity contribution is 9.10. The number of rotatable bonds is 8. The zero-order valence-corrected chi connectivity index (χ0v) is 12.4. The zero-order valence-electron chi connectivity index (χ0n) is 10.8. The highest BCUT2D eigenvalue weighted by Crippen LogP contribution is 2.22. The molecule has 104 valence electrons. The van der Waals surface area contributed by atoms with Gasteiger partial charge in [0.15, 0.2) is 0 Å². The summed E-state index contributed by atoms with van der Waals surface area (Å²) < 4.78 is 6.16. The van der Waals surface area contributed by atoms with Crippen molar-refractivity contribution in [2.24, 2.45) is 0 Å². The molecule has 0 heterocycles. The van der Waals surface area contributed by atoms with Crippen LogP contribution in [0.15, 0.2) is 34.8 Å². The molecule has 0 aliphatic carbocycles. The number of nitro groups is 1. The fraction of sp³-hybridized carbons (Fsp3) is 0.385. The fourth-order valence-electron chi connectivity index (χ4n) is 1.49. The lowest BCUT2D eigenvalue weighted by Crippen LogP contribution is -2.20. The van der Waals surface area contributed by atoms with E-state index >= 15 is 0 Å². The van der Waals surface area contributed by atoms with E-state index in [0.29, 0.717) is 31.9 Å². The van der Waals surface area contributed by atoms with E-state index in [-0.39, 0.29) is 10.6 Å². The molecule has 1 N–H and O–H groups in total. The van der Waals surface area contributed by atoms with Crippen molar-refractivity contribution in [2.45, 2.75) is 13.5 Å². The molecule has 0 spiro atoms. The lowest BCUT2D eigenvalue weighted by Gasteiger charge is -2.07. The summed E-state index contributed by atoms with van der Waals surface area (Å²) in [6.45, 7) is 7.80. The fourth-order valence-corrected chi connectivity index (χ4v) is 1.90. The average Bonchev–Trinajstić information content (AvgIpc) is 2.33. The summed E-state index contributed by atoms with van der Waals surface area (Å²) in [5, 5.41) is 14.0. The molecular weight excluding hydrogens is 312 g/mol. The standard InChI is InChI=1S/C13H17BrN2O3/c1-10(2)9-19-6-5-15-8-11-7-12(14)3-4-13(11)16(17)18/h3-4,7,15H,1,5-6,8-9H2,2H3. The molecule has 0 aromatic heterocycles. The maximum Gasteiger partial charge on any atom is 0.273 e. The van der Waals surface area contributed by atoms with Crippen LogP contribution in [0.4, 0.5) is 5.69 Å². The molecule has 0 unspecified atom stereocenters. The van der Waals surface area contributed by atoms with Gasteiger partial charge in [0.05, 0.1) is 18.1 Å². The Kier molecular flexibility index (Phi) is 6.69. The molecular formula is C13H17BrN2O3. The second-order valence-electron chi connectivity index (χ2n) is 4.22. The van der Waals surface area contributed by atoms with Gasteiger partial charge in [0, 0.05) is 29.2 Å². The molecule has 0 amide bonds. The van der Waals surface area contributed by atoms with Crippen LogP contribution in [0.3, 0.4) is 0 Å². The van der Waals surface area contributed by atoms with Crippen molar-refractivity contribution in [1.29, 1.82) is 0 Å². The first-order valence-corrected chi connectivity index (χ1v) is 6.65. The largest absolute Gasteiger partial charge is 0.376 e. The van der Waals surface area contributed by atoms with Gasteiger partial charge in [-0.2, -0.15) is 0 Å². The van der Waals surface area contributed by atoms with Gasteiger partial charge >= 0.3 is 0 Å². The lowest BCUT2D eigenvalue weighted by molar-refractivity contribution is -0.385. The zero-order chi connectivity index (χ0) is 14.3. The van der Waals surface area contributed by atoms with Gasteiger partial charge in [-0.25, -0.2) is 0 Å². The molecule has 0 saturated carbocycles. The third-order valence-electron chi connectivity index (χ3n) is 2.33. The second-order valence-corrected chi connectivity index (χ2v) is 5.13.